The lowest BCUT2D eigenvalue weighted by atomic mass is 9.95. The molecule has 8 rings (SSSR count). The van der Waals surface area contributed by atoms with Crippen molar-refractivity contribution in [1.29, 1.82) is 0 Å². The van der Waals surface area contributed by atoms with Crippen molar-refractivity contribution in [3.63, 3.8) is 0 Å². The van der Waals surface area contributed by atoms with Gasteiger partial charge in [-0.25, -0.2) is 9.69 Å². The Morgan fingerprint density at radius 1 is 0.664 bits per heavy atom. The second-order valence-electron chi connectivity index (χ2n) is 28.5. The maximum absolute atomic E-state index is 14.3. The third-order valence-corrected chi connectivity index (χ3v) is 19.4. The summed E-state index contributed by atoms with van der Waals surface area (Å²) in [6.45, 7) is 20.8. The van der Waals surface area contributed by atoms with Gasteiger partial charge < -0.3 is 103 Å². The van der Waals surface area contributed by atoms with Crippen molar-refractivity contribution >= 4 is 65.0 Å². The van der Waals surface area contributed by atoms with Crippen LogP contribution in [-0.2, 0) is 87.5 Å². The monoisotopic (exact) mass is 1620 g/mol. The summed E-state index contributed by atoms with van der Waals surface area (Å²) in [4.78, 5) is 116. The number of hydrogen-bond acceptors (Lipinski definition) is 25. The number of unbranched alkanes of at least 4 members (excludes halogenated alkanes) is 2. The Labute approximate surface area is 678 Å². The SMILES string of the molecule is C=C1/C(=C\C(OCCCCCOc2cc3c(cc2OC)C(=O)N2C=C(C)C[C@H]2[C@H](O)N3C(=O)OCc2ccc(NC(=O)[C@H](C)NC(=O)[C@@H](NC(=O)CCOCCOCCOCCOCCOCCOCCOCCOCCNC(=O)CCN3C(=O)CC(C4=C/C=C\C=C/C=C4)C3=O)C(C)C)cc2)=C(/C)OC)N=C[C@@H]2CC(C)=CN2C1O. The Balaban J connectivity index is 0.626. The molecular weight excluding hydrogens is 1500 g/mol. The summed E-state index contributed by atoms with van der Waals surface area (Å²) < 4.78 is 73.8. The van der Waals surface area contributed by atoms with Crippen LogP contribution in [0.25, 0.3) is 0 Å². The lowest BCUT2D eigenvalue weighted by molar-refractivity contribution is -0.139. The third-order valence-electron chi connectivity index (χ3n) is 19.4. The average Bonchev–Trinajstić information content (AvgIpc) is 1.59. The number of nitrogens with zero attached hydrogens (tertiary/aromatic N) is 5. The van der Waals surface area contributed by atoms with E-state index in [0.717, 1.165) is 28.0 Å². The van der Waals surface area contributed by atoms with Crippen molar-refractivity contribution in [2.45, 2.75) is 136 Å². The molecule has 32 nitrogen and oxygen atoms in total. The van der Waals surface area contributed by atoms with Gasteiger partial charge in [0.1, 0.15) is 24.4 Å². The summed E-state index contributed by atoms with van der Waals surface area (Å²) in [7, 11) is 2.99. The molecule has 634 valence electrons. The van der Waals surface area contributed by atoms with E-state index < -0.39 is 66.2 Å². The molecule has 0 aromatic heterocycles. The Kier molecular flexibility index (Phi) is 38.4. The maximum atomic E-state index is 14.3. The molecule has 0 bridgehead atoms. The predicted molar refractivity (Wildman–Crippen MR) is 429 cm³/mol. The number of methoxy groups -OCH3 is 2. The Morgan fingerprint density at radius 3 is 1.91 bits per heavy atom. The average molecular weight is 1620 g/mol. The zero-order valence-electron chi connectivity index (χ0n) is 67.9. The lowest BCUT2D eigenvalue weighted by Crippen LogP contribution is -2.53. The molecule has 2 aromatic rings. The fraction of sp³-hybridized carbons (Fsp3) is 0.536. The van der Waals surface area contributed by atoms with Crippen molar-refractivity contribution < 1.29 is 110 Å². The summed E-state index contributed by atoms with van der Waals surface area (Å²) in [6.07, 6.45) is 19.6. The van der Waals surface area contributed by atoms with E-state index in [-0.39, 0.29) is 124 Å². The molecule has 5 heterocycles. The number of aliphatic hydroxyl groups excluding tert-OH is 2. The van der Waals surface area contributed by atoms with Gasteiger partial charge in [-0.2, -0.15) is 0 Å². The third kappa shape index (κ3) is 28.5. The van der Waals surface area contributed by atoms with E-state index in [9.17, 15) is 48.6 Å². The van der Waals surface area contributed by atoms with Crippen LogP contribution >= 0.6 is 0 Å². The molecule has 2 aromatic carbocycles. The first-order chi connectivity index (χ1) is 56.1. The number of nitrogens with one attached hydrogen (secondary N) is 4. The predicted octanol–water partition coefficient (Wildman–Crippen LogP) is 7.15. The van der Waals surface area contributed by atoms with Crippen LogP contribution in [0.1, 0.15) is 109 Å². The molecule has 6 N–H and O–H groups in total. The molecule has 7 atom stereocenters. The molecule has 5 aliphatic heterocycles. The van der Waals surface area contributed by atoms with E-state index in [1.807, 2.05) is 73.7 Å². The van der Waals surface area contributed by atoms with Crippen LogP contribution < -0.4 is 35.6 Å². The topological polar surface area (TPSA) is 370 Å². The van der Waals surface area contributed by atoms with Crippen molar-refractivity contribution in [1.82, 2.24) is 30.7 Å². The van der Waals surface area contributed by atoms with Crippen LogP contribution in [0, 0.1) is 11.8 Å². The van der Waals surface area contributed by atoms with Gasteiger partial charge in [0.25, 0.3) is 5.91 Å². The van der Waals surface area contributed by atoms with Crippen LogP contribution in [0.5, 0.6) is 11.5 Å². The van der Waals surface area contributed by atoms with Gasteiger partial charge in [-0.05, 0) is 95.1 Å². The van der Waals surface area contributed by atoms with Crippen molar-refractivity contribution in [2.24, 2.45) is 16.8 Å². The highest BCUT2D eigenvalue weighted by Crippen LogP contribution is 2.42. The minimum Gasteiger partial charge on any atom is -0.498 e. The number of benzene rings is 2. The highest BCUT2D eigenvalue weighted by molar-refractivity contribution is 6.07. The summed E-state index contributed by atoms with van der Waals surface area (Å²) in [5, 5.41) is 34.0. The Morgan fingerprint density at radius 2 is 1.28 bits per heavy atom. The fourth-order valence-electron chi connectivity index (χ4n) is 12.9. The van der Waals surface area contributed by atoms with Gasteiger partial charge in [-0.3, -0.25) is 43.5 Å². The number of rotatable bonds is 50. The number of ether oxygens (including phenoxy) is 13. The largest absolute Gasteiger partial charge is 0.498 e. The number of likely N-dealkylation sites (tertiary alicyclic amines) is 1. The highest BCUT2D eigenvalue weighted by Gasteiger charge is 2.46. The molecular formula is C84H115N9O23. The number of hydrogen-bond donors (Lipinski definition) is 6. The summed E-state index contributed by atoms with van der Waals surface area (Å²) >= 11 is 0. The fourth-order valence-corrected chi connectivity index (χ4v) is 12.9. The molecule has 1 saturated heterocycles. The zero-order valence-corrected chi connectivity index (χ0v) is 67.9. The number of allylic oxidation sites excluding steroid dienone is 9. The van der Waals surface area contributed by atoms with Gasteiger partial charge in [-0.1, -0.05) is 86.2 Å². The van der Waals surface area contributed by atoms with Gasteiger partial charge in [0, 0.05) is 74.4 Å². The first kappa shape index (κ1) is 91.7. The van der Waals surface area contributed by atoms with E-state index >= 15 is 0 Å². The molecule has 0 spiro atoms. The number of aliphatic imine (C=N–C) groups is 1. The van der Waals surface area contributed by atoms with Gasteiger partial charge in [0.05, 0.1) is 168 Å². The standard InChI is InChI=1S/C84H115N9O23/c1-56(2)77(89-75(95)25-30-106-32-34-108-36-38-110-40-42-112-44-45-113-43-41-111-39-37-109-35-33-107-31-26-85-74(94)24-27-90-76(96)49-66(81(90)100)63-18-14-11-10-12-15-19-63)79(98)87-60(6)78(97)88-64-22-20-62(21-23-64)55-116-84(103)93-69-51-73(72(105-9)48-67(69)82(101)92-54-58(4)47-70(92)83(93)102)115-29-17-13-16-28-114-71(61(7)104-8)50-68-59(5)80(99)91-53-57(3)46-65(91)52-86-68/h10-12,14-15,18-23,48,50-54,56,60,65-66,70,77,80,83,99,102H,5,13,16-17,24-47,49,55H2,1-4,6-9H3,(H,85,94)(H,87,98)(H,88,97)(H,89,95)/b11-10-,12-10?,14-11?,15-12-,18-14?,19-15?,63-18?,63-19?,68-50+,71-61-/t60-,65-,66?,70-,77-,80?,83-/m0/s1. The van der Waals surface area contributed by atoms with Crippen molar-refractivity contribution in [2.75, 3.05) is 156 Å². The number of carbonyl (C=O) groups excluding carboxylic acids is 8. The molecule has 32 heteroatoms. The summed E-state index contributed by atoms with van der Waals surface area (Å²) in [6, 6.07) is 6.60. The van der Waals surface area contributed by atoms with Crippen LogP contribution in [0.15, 0.2) is 148 Å². The number of aliphatic hydroxyl groups is 2. The normalized spacial score (nSPS) is 20.0. The minimum absolute atomic E-state index is 0.0125. The van der Waals surface area contributed by atoms with Gasteiger partial charge in [0.15, 0.2) is 29.7 Å². The molecule has 116 heavy (non-hydrogen) atoms. The van der Waals surface area contributed by atoms with Crippen LogP contribution in [-0.4, -0.2) is 261 Å². The first-order valence-corrected chi connectivity index (χ1v) is 39.5. The van der Waals surface area contributed by atoms with Crippen LogP contribution in [0.3, 0.4) is 0 Å². The quantitative estimate of drug-likeness (QED) is 0.0217. The van der Waals surface area contributed by atoms with E-state index in [1.165, 1.54) is 36.0 Å². The Bertz CT molecular complexity index is 3940. The number of imide groups is 1. The van der Waals surface area contributed by atoms with E-state index in [0.29, 0.717) is 146 Å². The van der Waals surface area contributed by atoms with Crippen molar-refractivity contribution in [3.8, 4) is 11.5 Å². The second-order valence-corrected chi connectivity index (χ2v) is 28.5. The second kappa shape index (κ2) is 48.6. The maximum Gasteiger partial charge on any atom is 0.416 e. The molecule has 1 aliphatic carbocycles. The number of fused-ring (bicyclic) bond motifs is 3. The molecule has 8 amide bonds. The smallest absolute Gasteiger partial charge is 0.416 e. The molecule has 0 radical (unpaired) electrons. The molecule has 6 aliphatic rings. The van der Waals surface area contributed by atoms with Crippen LogP contribution in [0.2, 0.25) is 0 Å². The molecule has 2 unspecified atom stereocenters. The van der Waals surface area contributed by atoms with E-state index in [2.05, 4.69) is 32.8 Å². The van der Waals surface area contributed by atoms with E-state index in [1.54, 1.807) is 64.4 Å². The van der Waals surface area contributed by atoms with Crippen molar-refractivity contribution in [3.05, 3.63) is 155 Å². The van der Waals surface area contributed by atoms with Crippen LogP contribution in [0.4, 0.5) is 16.2 Å². The Hall–Kier alpha value is -9.87. The summed E-state index contributed by atoms with van der Waals surface area (Å²) in [5.41, 5.74) is 4.69. The molecule has 0 saturated carbocycles. The van der Waals surface area contributed by atoms with Gasteiger partial charge in [-0.15, -0.1) is 0 Å². The minimum atomic E-state index is -1.53. The zero-order chi connectivity index (χ0) is 83.3. The highest BCUT2D eigenvalue weighted by atomic mass is 16.6. The number of amides is 8. The molecule has 1 fully saturated rings. The first-order valence-electron chi connectivity index (χ1n) is 39.5. The lowest BCUT2D eigenvalue weighted by Gasteiger charge is -2.31. The summed E-state index contributed by atoms with van der Waals surface area (Å²) in [5.74, 6) is -2.22. The van der Waals surface area contributed by atoms with E-state index in [4.69, 9.17) is 61.6 Å². The number of anilines is 2. The van der Waals surface area contributed by atoms with Gasteiger partial charge in [0.2, 0.25) is 35.4 Å². The van der Waals surface area contributed by atoms with Gasteiger partial charge >= 0.3 is 6.09 Å². The number of carbonyl (C=O) groups is 8.